The molecule has 1 N–H and O–H groups in total. The molecule has 0 aliphatic rings. The van der Waals surface area contributed by atoms with Crippen LogP contribution in [-0.2, 0) is 4.79 Å². The number of carboxylic acid groups (broad SMARTS) is 1. The summed E-state index contributed by atoms with van der Waals surface area (Å²) in [7, 11) is 0. The fraction of sp³-hybridized carbons (Fsp3) is 0.105. The lowest BCUT2D eigenvalue weighted by Gasteiger charge is -2.28. The number of fused-ring (bicyclic) bond motifs is 1. The van der Waals surface area contributed by atoms with Crippen LogP contribution in [0.3, 0.4) is 0 Å². The smallest absolute Gasteiger partial charge is 0.369 e. The van der Waals surface area contributed by atoms with E-state index in [2.05, 4.69) is 0 Å². The van der Waals surface area contributed by atoms with Crippen molar-refractivity contribution in [2.45, 2.75) is 10.6 Å². The Labute approximate surface area is 154 Å². The third-order valence-corrected chi connectivity index (χ3v) is 4.52. The number of benzene rings is 3. The Balaban J connectivity index is 1.90. The Kier molecular flexibility index (Phi) is 5.02. The molecule has 0 radical (unpaired) electrons. The van der Waals surface area contributed by atoms with Crippen LogP contribution in [0.15, 0.2) is 72.8 Å². The van der Waals surface area contributed by atoms with Crippen LogP contribution >= 0.6 is 23.2 Å². The van der Waals surface area contributed by atoms with Crippen molar-refractivity contribution < 1.29 is 19.4 Å². The van der Waals surface area contributed by atoms with Crippen LogP contribution in [0.2, 0.25) is 0 Å². The number of carboxylic acids is 1. The Morgan fingerprint density at radius 1 is 0.960 bits per heavy atom. The van der Waals surface area contributed by atoms with Crippen molar-refractivity contribution in [1.82, 2.24) is 0 Å². The molecule has 128 valence electrons. The van der Waals surface area contributed by atoms with Crippen molar-refractivity contribution in [2.75, 3.05) is 0 Å². The van der Waals surface area contributed by atoms with E-state index in [0.717, 1.165) is 10.8 Å². The maximum Gasteiger partial charge on any atom is 0.369 e. The fourth-order valence-corrected chi connectivity index (χ4v) is 2.70. The molecule has 25 heavy (non-hydrogen) atoms. The molecule has 0 amide bonds. The van der Waals surface area contributed by atoms with Gasteiger partial charge in [0.05, 0.1) is 0 Å². The molecule has 0 bridgehead atoms. The molecule has 3 rings (SSSR count). The molecular formula is C19H14Cl2O4. The van der Waals surface area contributed by atoms with E-state index in [1.165, 1.54) is 0 Å². The lowest BCUT2D eigenvalue weighted by Crippen LogP contribution is -2.49. The fourth-order valence-electron chi connectivity index (χ4n) is 2.33. The normalized spacial score (nSPS) is 14.5. The van der Waals surface area contributed by atoms with E-state index in [-0.39, 0.29) is 5.75 Å². The van der Waals surface area contributed by atoms with Gasteiger partial charge in [0.25, 0.3) is 0 Å². The van der Waals surface area contributed by atoms with Crippen molar-refractivity contribution in [2.24, 2.45) is 0 Å². The number of alkyl halides is 2. The minimum atomic E-state index is -2.29. The van der Waals surface area contributed by atoms with E-state index in [1.807, 2.05) is 30.3 Å². The van der Waals surface area contributed by atoms with Gasteiger partial charge in [-0.05, 0) is 23.6 Å². The van der Waals surface area contributed by atoms with Crippen LogP contribution in [0.4, 0.5) is 0 Å². The van der Waals surface area contributed by atoms with Crippen LogP contribution in [0.5, 0.6) is 11.5 Å². The topological polar surface area (TPSA) is 55.8 Å². The van der Waals surface area contributed by atoms with E-state index in [0.29, 0.717) is 5.75 Å². The van der Waals surface area contributed by atoms with Crippen LogP contribution in [0, 0.1) is 0 Å². The number of halogens is 2. The SMILES string of the molecule is O=C(O)C(Cl)(Oc1ccccc1)C(Cl)Oc1cccc2ccccc12. The molecule has 0 aliphatic heterocycles. The Bertz CT molecular complexity index is 879. The minimum absolute atomic E-state index is 0.270. The van der Waals surface area contributed by atoms with Crippen LogP contribution in [0.1, 0.15) is 0 Å². The van der Waals surface area contributed by atoms with E-state index in [9.17, 15) is 9.90 Å². The Morgan fingerprint density at radius 2 is 1.60 bits per heavy atom. The maximum atomic E-state index is 11.7. The highest BCUT2D eigenvalue weighted by molar-refractivity contribution is 6.39. The Hall–Kier alpha value is -2.43. The predicted molar refractivity (Wildman–Crippen MR) is 97.5 cm³/mol. The van der Waals surface area contributed by atoms with Gasteiger partial charge in [-0.2, -0.15) is 0 Å². The van der Waals surface area contributed by atoms with Gasteiger partial charge in [0.1, 0.15) is 11.5 Å². The molecule has 0 spiro atoms. The minimum Gasteiger partial charge on any atom is -0.477 e. The summed E-state index contributed by atoms with van der Waals surface area (Å²) >= 11 is 12.4. The number of hydrogen-bond acceptors (Lipinski definition) is 3. The number of para-hydroxylation sites is 1. The van der Waals surface area contributed by atoms with E-state index in [1.54, 1.807) is 42.5 Å². The zero-order valence-electron chi connectivity index (χ0n) is 12.9. The molecule has 6 heteroatoms. The molecule has 4 nitrogen and oxygen atoms in total. The van der Waals surface area contributed by atoms with Gasteiger partial charge in [-0.3, -0.25) is 0 Å². The average molecular weight is 377 g/mol. The second-order valence-corrected chi connectivity index (χ2v) is 6.23. The third kappa shape index (κ3) is 3.65. The molecule has 2 unspecified atom stereocenters. The van der Waals surface area contributed by atoms with Crippen molar-refractivity contribution in [3.8, 4) is 11.5 Å². The van der Waals surface area contributed by atoms with E-state index in [4.69, 9.17) is 32.7 Å². The molecule has 0 saturated carbocycles. The van der Waals surface area contributed by atoms with E-state index < -0.39 is 16.6 Å². The first-order valence-corrected chi connectivity index (χ1v) is 8.27. The summed E-state index contributed by atoms with van der Waals surface area (Å²) in [6.45, 7) is 0. The second-order valence-electron chi connectivity index (χ2n) is 5.28. The summed E-state index contributed by atoms with van der Waals surface area (Å²) in [5, 5.41) is 8.97. The molecular weight excluding hydrogens is 363 g/mol. The molecule has 0 aliphatic carbocycles. The average Bonchev–Trinajstić information content (AvgIpc) is 2.62. The monoisotopic (exact) mass is 376 g/mol. The summed E-state index contributed by atoms with van der Waals surface area (Å²) < 4.78 is 11.1. The molecule has 2 atom stereocenters. The molecule has 3 aromatic rings. The largest absolute Gasteiger partial charge is 0.477 e. The third-order valence-electron chi connectivity index (χ3n) is 3.57. The Morgan fingerprint density at radius 3 is 2.32 bits per heavy atom. The highest BCUT2D eigenvalue weighted by Crippen LogP contribution is 2.34. The van der Waals surface area contributed by atoms with Gasteiger partial charge >= 0.3 is 11.0 Å². The first-order valence-electron chi connectivity index (χ1n) is 7.45. The molecule has 3 aromatic carbocycles. The van der Waals surface area contributed by atoms with Gasteiger partial charge in [0, 0.05) is 5.39 Å². The lowest BCUT2D eigenvalue weighted by molar-refractivity contribution is -0.151. The standard InChI is InChI=1S/C19H14Cl2O4/c20-17(19(21,18(22)23)25-14-9-2-1-3-10-14)24-16-12-6-8-13-7-4-5-11-15(13)16/h1-12,17H,(H,22,23). The van der Waals surface area contributed by atoms with Crippen molar-refractivity contribution in [1.29, 1.82) is 0 Å². The molecule has 0 fully saturated rings. The number of rotatable bonds is 6. The first kappa shape index (κ1) is 17.4. The number of carbonyl (C=O) groups is 1. The maximum absolute atomic E-state index is 11.7. The highest BCUT2D eigenvalue weighted by Gasteiger charge is 2.49. The zero-order valence-corrected chi connectivity index (χ0v) is 14.4. The van der Waals surface area contributed by atoms with E-state index >= 15 is 0 Å². The quantitative estimate of drug-likeness (QED) is 0.622. The summed E-state index contributed by atoms with van der Waals surface area (Å²) in [6.07, 6.45) is 0. The molecule has 0 heterocycles. The van der Waals surface area contributed by atoms with Gasteiger partial charge in [0.2, 0.25) is 5.56 Å². The summed E-state index contributed by atoms with van der Waals surface area (Å²) in [5.41, 5.74) is -1.47. The van der Waals surface area contributed by atoms with Gasteiger partial charge in [0.15, 0.2) is 0 Å². The van der Waals surface area contributed by atoms with Crippen LogP contribution in [0.25, 0.3) is 10.8 Å². The number of aliphatic carboxylic acids is 1. The zero-order chi connectivity index (χ0) is 17.9. The first-order chi connectivity index (χ1) is 12.0. The van der Waals surface area contributed by atoms with Gasteiger partial charge in [-0.25, -0.2) is 4.79 Å². The van der Waals surface area contributed by atoms with Gasteiger partial charge in [-0.1, -0.05) is 77.8 Å². The van der Waals surface area contributed by atoms with Crippen molar-refractivity contribution >= 4 is 39.9 Å². The summed E-state index contributed by atoms with van der Waals surface area (Å²) in [5.74, 6) is -0.758. The predicted octanol–water partition coefficient (Wildman–Crippen LogP) is 4.88. The summed E-state index contributed by atoms with van der Waals surface area (Å²) in [6, 6.07) is 21.2. The van der Waals surface area contributed by atoms with Crippen LogP contribution in [-0.4, -0.2) is 21.7 Å². The van der Waals surface area contributed by atoms with Gasteiger partial charge in [-0.15, -0.1) is 0 Å². The number of hydrogen-bond donors (Lipinski definition) is 1. The van der Waals surface area contributed by atoms with Crippen molar-refractivity contribution in [3.05, 3.63) is 72.8 Å². The molecule has 0 aromatic heterocycles. The summed E-state index contributed by atoms with van der Waals surface area (Å²) in [4.78, 5) is 11.7. The van der Waals surface area contributed by atoms with Crippen molar-refractivity contribution in [3.63, 3.8) is 0 Å². The molecule has 0 saturated heterocycles. The lowest BCUT2D eigenvalue weighted by atomic mass is 10.1. The second kappa shape index (κ2) is 7.21. The van der Waals surface area contributed by atoms with Gasteiger partial charge < -0.3 is 14.6 Å². The number of ether oxygens (including phenoxy) is 2. The highest BCUT2D eigenvalue weighted by atomic mass is 35.5. The van der Waals surface area contributed by atoms with Crippen LogP contribution < -0.4 is 9.47 Å².